The third kappa shape index (κ3) is 3.87. The number of hydrogen-bond donors (Lipinski definition) is 1. The number of hydrogen-bond acceptors (Lipinski definition) is 5. The van der Waals surface area contributed by atoms with Crippen LogP contribution in [0.15, 0.2) is 29.3 Å². The van der Waals surface area contributed by atoms with Crippen molar-refractivity contribution in [2.45, 2.75) is 31.1 Å². The second-order valence-electron chi connectivity index (χ2n) is 6.14. The van der Waals surface area contributed by atoms with Crippen LogP contribution in [-0.4, -0.2) is 53.4 Å². The van der Waals surface area contributed by atoms with Gasteiger partial charge in [-0.2, -0.15) is 4.99 Å². The van der Waals surface area contributed by atoms with Crippen molar-refractivity contribution in [2.24, 2.45) is 4.99 Å². The predicted octanol–water partition coefficient (Wildman–Crippen LogP) is 1.46. The summed E-state index contributed by atoms with van der Waals surface area (Å²) in [6, 6.07) is 7.27. The van der Waals surface area contributed by atoms with E-state index in [1.807, 2.05) is 36.1 Å². The first kappa shape index (κ1) is 17.9. The van der Waals surface area contributed by atoms with Crippen molar-refractivity contribution < 1.29 is 23.1 Å². The molecule has 2 heterocycles. The molecule has 134 valence electrons. The van der Waals surface area contributed by atoms with Gasteiger partial charge >= 0.3 is 5.97 Å². The number of thioether (sulfide) groups is 1. The average molecular weight is 382 g/mol. The zero-order valence-electron chi connectivity index (χ0n) is 13.6. The summed E-state index contributed by atoms with van der Waals surface area (Å²) in [5, 5.41) is 8.98. The lowest BCUT2D eigenvalue weighted by Gasteiger charge is -2.26. The summed E-state index contributed by atoms with van der Waals surface area (Å²) in [7, 11) is -3.11. The van der Waals surface area contributed by atoms with E-state index in [2.05, 4.69) is 4.99 Å². The highest BCUT2D eigenvalue weighted by Gasteiger charge is 2.49. The second-order valence-corrected chi connectivity index (χ2v) is 9.50. The molecule has 0 aliphatic carbocycles. The maximum Gasteiger partial charge on any atom is 0.303 e. The van der Waals surface area contributed by atoms with Gasteiger partial charge < -0.3 is 10.0 Å². The molecule has 0 saturated carbocycles. The van der Waals surface area contributed by atoms with Crippen molar-refractivity contribution in [2.75, 3.05) is 16.4 Å². The smallest absolute Gasteiger partial charge is 0.303 e. The summed E-state index contributed by atoms with van der Waals surface area (Å²) in [4.78, 5) is 28.5. The summed E-state index contributed by atoms with van der Waals surface area (Å²) in [5.74, 6) is -1.47. The molecule has 25 heavy (non-hydrogen) atoms. The van der Waals surface area contributed by atoms with E-state index in [1.54, 1.807) is 0 Å². The number of nitrogens with zero attached hydrogens (tertiary/aromatic N) is 2. The van der Waals surface area contributed by atoms with Gasteiger partial charge in [-0.1, -0.05) is 30.0 Å². The average Bonchev–Trinajstić information content (AvgIpc) is 2.97. The fraction of sp³-hybridized carbons (Fsp3) is 0.438. The molecule has 7 nitrogen and oxygen atoms in total. The van der Waals surface area contributed by atoms with Crippen LogP contribution in [0.1, 0.15) is 18.4 Å². The maximum atomic E-state index is 12.0. The lowest BCUT2D eigenvalue weighted by molar-refractivity contribution is -0.138. The Labute approximate surface area is 150 Å². The van der Waals surface area contributed by atoms with Crippen LogP contribution >= 0.6 is 11.8 Å². The maximum absolute atomic E-state index is 12.0. The Kier molecular flexibility index (Phi) is 4.88. The van der Waals surface area contributed by atoms with Crippen LogP contribution in [0, 0.1) is 6.92 Å². The highest BCUT2D eigenvalue weighted by molar-refractivity contribution is 8.16. The van der Waals surface area contributed by atoms with Crippen molar-refractivity contribution in [3.63, 3.8) is 0 Å². The van der Waals surface area contributed by atoms with E-state index in [-0.39, 0.29) is 35.6 Å². The molecule has 1 aromatic rings. The van der Waals surface area contributed by atoms with E-state index < -0.39 is 21.7 Å². The molecule has 2 atom stereocenters. The first-order valence-electron chi connectivity index (χ1n) is 7.82. The van der Waals surface area contributed by atoms with E-state index in [9.17, 15) is 18.0 Å². The minimum atomic E-state index is -3.11. The third-order valence-corrected chi connectivity index (χ3v) is 7.42. The number of aryl methyl sites for hydroxylation is 1. The van der Waals surface area contributed by atoms with Crippen molar-refractivity contribution in [1.29, 1.82) is 0 Å². The molecular formula is C16H18N2O5S2. The summed E-state index contributed by atoms with van der Waals surface area (Å²) in [6.07, 6.45) is -0.444. The SMILES string of the molecule is Cc1ccccc1N1C(=NC(=O)CCC(=O)O)S[C@H]2CS(=O)(=O)C[C@@H]21. The number of carboxylic acids is 1. The number of carbonyl (C=O) groups is 2. The van der Waals surface area contributed by atoms with Gasteiger partial charge in [0.05, 0.1) is 24.0 Å². The standard InChI is InChI=1S/C16H18N2O5S2/c1-10-4-2-3-5-11(10)18-12-8-25(22,23)9-13(12)24-16(18)17-14(19)6-7-15(20)21/h2-5,12-13H,6-9H2,1H3,(H,20,21)/t12-,13-/m0/s1. The Morgan fingerprint density at radius 2 is 2.00 bits per heavy atom. The molecule has 0 bridgehead atoms. The minimum absolute atomic E-state index is 0.0291. The molecule has 0 aromatic heterocycles. The number of rotatable bonds is 4. The fourth-order valence-corrected chi connectivity index (χ4v) is 6.98. The number of fused-ring (bicyclic) bond motifs is 1. The molecule has 2 saturated heterocycles. The van der Waals surface area contributed by atoms with Crippen LogP contribution in [-0.2, 0) is 19.4 Å². The summed E-state index contributed by atoms with van der Waals surface area (Å²) >= 11 is 1.29. The number of amides is 1. The van der Waals surface area contributed by atoms with Gasteiger partial charge in [0.2, 0.25) is 5.91 Å². The van der Waals surface area contributed by atoms with Gasteiger partial charge in [0, 0.05) is 17.4 Å². The van der Waals surface area contributed by atoms with Crippen LogP contribution in [0.4, 0.5) is 5.69 Å². The molecule has 0 radical (unpaired) electrons. The van der Waals surface area contributed by atoms with E-state index in [1.165, 1.54) is 11.8 Å². The Morgan fingerprint density at radius 1 is 1.28 bits per heavy atom. The summed E-state index contributed by atoms with van der Waals surface area (Å²) < 4.78 is 24.0. The van der Waals surface area contributed by atoms with Crippen molar-refractivity contribution >= 4 is 44.3 Å². The molecule has 0 unspecified atom stereocenters. The first-order chi connectivity index (χ1) is 11.8. The predicted molar refractivity (Wildman–Crippen MR) is 96.8 cm³/mol. The molecule has 2 aliphatic heterocycles. The molecule has 2 aliphatic rings. The number of anilines is 1. The van der Waals surface area contributed by atoms with Gasteiger partial charge in [0.15, 0.2) is 15.0 Å². The monoisotopic (exact) mass is 382 g/mol. The number of aliphatic carboxylic acids is 1. The van der Waals surface area contributed by atoms with E-state index in [4.69, 9.17) is 5.11 Å². The number of benzene rings is 1. The zero-order valence-corrected chi connectivity index (χ0v) is 15.2. The van der Waals surface area contributed by atoms with Gasteiger partial charge in [0.1, 0.15) is 0 Å². The van der Waals surface area contributed by atoms with Crippen molar-refractivity contribution in [3.8, 4) is 0 Å². The molecule has 0 spiro atoms. The van der Waals surface area contributed by atoms with Crippen LogP contribution in [0.2, 0.25) is 0 Å². The summed E-state index contributed by atoms with van der Waals surface area (Å²) in [6.45, 7) is 1.92. The normalized spacial score (nSPS) is 26.0. The minimum Gasteiger partial charge on any atom is -0.481 e. The highest BCUT2D eigenvalue weighted by Crippen LogP contribution is 2.41. The Balaban J connectivity index is 1.94. The van der Waals surface area contributed by atoms with Gasteiger partial charge in [-0.3, -0.25) is 9.59 Å². The number of amidine groups is 1. The van der Waals surface area contributed by atoms with E-state index >= 15 is 0 Å². The second kappa shape index (κ2) is 6.80. The van der Waals surface area contributed by atoms with E-state index in [0.29, 0.717) is 5.17 Å². The quantitative estimate of drug-likeness (QED) is 0.840. The molecule has 3 rings (SSSR count). The van der Waals surface area contributed by atoms with Crippen molar-refractivity contribution in [3.05, 3.63) is 29.8 Å². The highest BCUT2D eigenvalue weighted by atomic mass is 32.2. The molecule has 1 amide bonds. The van der Waals surface area contributed by atoms with Crippen LogP contribution in [0.5, 0.6) is 0 Å². The lowest BCUT2D eigenvalue weighted by Crippen LogP contribution is -2.38. The summed E-state index contributed by atoms with van der Waals surface area (Å²) in [5.41, 5.74) is 1.78. The molecule has 1 aromatic carbocycles. The van der Waals surface area contributed by atoms with Crippen LogP contribution in [0.25, 0.3) is 0 Å². The topological polar surface area (TPSA) is 104 Å². The Morgan fingerprint density at radius 3 is 2.68 bits per heavy atom. The third-order valence-electron chi connectivity index (χ3n) is 4.21. The lowest BCUT2D eigenvalue weighted by atomic mass is 10.1. The van der Waals surface area contributed by atoms with Gasteiger partial charge in [-0.15, -0.1) is 0 Å². The molecular weight excluding hydrogens is 364 g/mol. The molecule has 9 heteroatoms. The van der Waals surface area contributed by atoms with E-state index in [0.717, 1.165) is 11.3 Å². The van der Waals surface area contributed by atoms with Crippen molar-refractivity contribution in [1.82, 2.24) is 0 Å². The number of carbonyl (C=O) groups excluding carboxylic acids is 1. The van der Waals surface area contributed by atoms with Gasteiger partial charge in [-0.05, 0) is 18.6 Å². The molecule has 2 fully saturated rings. The molecule has 1 N–H and O–H groups in total. The van der Waals surface area contributed by atoms with Gasteiger partial charge in [0.25, 0.3) is 0 Å². The number of sulfone groups is 1. The van der Waals surface area contributed by atoms with Crippen LogP contribution in [0.3, 0.4) is 0 Å². The Hall–Kier alpha value is -1.87. The Bertz CT molecular complexity index is 850. The van der Waals surface area contributed by atoms with Crippen LogP contribution < -0.4 is 4.90 Å². The van der Waals surface area contributed by atoms with Gasteiger partial charge in [-0.25, -0.2) is 8.42 Å². The largest absolute Gasteiger partial charge is 0.481 e. The number of carboxylic acid groups (broad SMARTS) is 1. The zero-order chi connectivity index (χ0) is 18.2. The number of para-hydroxylation sites is 1. The number of aliphatic imine (C=N–C) groups is 1. The first-order valence-corrected chi connectivity index (χ1v) is 10.5. The fourth-order valence-electron chi connectivity index (χ4n) is 3.06.